The molecule has 1 aromatic carbocycles. The molecule has 0 fully saturated rings. The van der Waals surface area contributed by atoms with Crippen molar-refractivity contribution in [2.45, 2.75) is 32.2 Å². The summed E-state index contributed by atoms with van der Waals surface area (Å²) in [7, 11) is 0. The van der Waals surface area contributed by atoms with Gasteiger partial charge < -0.3 is 16.2 Å². The highest BCUT2D eigenvalue weighted by Gasteiger charge is 2.22. The van der Waals surface area contributed by atoms with E-state index in [1.54, 1.807) is 0 Å². The van der Waals surface area contributed by atoms with Crippen LogP contribution in [0.2, 0.25) is 0 Å². The molecule has 100 valence electrons. The third-order valence-corrected chi connectivity index (χ3v) is 3.21. The molecule has 0 heterocycles. The Hall–Kier alpha value is -1.62. The maximum Gasteiger partial charge on any atom is 0.255 e. The van der Waals surface area contributed by atoms with E-state index in [1.165, 1.54) is 0 Å². The van der Waals surface area contributed by atoms with E-state index in [-0.39, 0.29) is 17.9 Å². The minimum Gasteiger partial charge on any atom is -0.507 e. The summed E-state index contributed by atoms with van der Waals surface area (Å²) in [6, 6.07) is 3.25. The predicted molar refractivity (Wildman–Crippen MR) is 67.9 cm³/mol. The van der Waals surface area contributed by atoms with E-state index in [0.717, 1.165) is 31.0 Å². The lowest BCUT2D eigenvalue weighted by atomic mass is 9.94. The van der Waals surface area contributed by atoms with Gasteiger partial charge in [-0.1, -0.05) is 13.8 Å². The number of amides is 1. The highest BCUT2D eigenvalue weighted by molar-refractivity contribution is 5.96. The van der Waals surface area contributed by atoms with Crippen LogP contribution in [0.1, 0.15) is 37.0 Å². The first kappa shape index (κ1) is 14.4. The van der Waals surface area contributed by atoms with E-state index in [9.17, 15) is 14.3 Å². The third-order valence-electron chi connectivity index (χ3n) is 3.21. The van der Waals surface area contributed by atoms with Gasteiger partial charge in [-0.05, 0) is 31.0 Å². The first-order valence-corrected chi connectivity index (χ1v) is 5.97. The van der Waals surface area contributed by atoms with Crippen molar-refractivity contribution in [3.8, 4) is 5.75 Å². The number of phenols is 1. The van der Waals surface area contributed by atoms with Crippen LogP contribution in [0.3, 0.4) is 0 Å². The van der Waals surface area contributed by atoms with Crippen LogP contribution in [0.4, 0.5) is 4.39 Å². The summed E-state index contributed by atoms with van der Waals surface area (Å²) in [5, 5.41) is 12.1. The number of hydrogen-bond donors (Lipinski definition) is 3. The molecule has 0 aliphatic rings. The molecule has 0 radical (unpaired) electrons. The summed E-state index contributed by atoms with van der Waals surface area (Å²) < 4.78 is 13.0. The zero-order valence-corrected chi connectivity index (χ0v) is 10.7. The van der Waals surface area contributed by atoms with Crippen LogP contribution in [-0.4, -0.2) is 23.1 Å². The minimum absolute atomic E-state index is 0.0791. The van der Waals surface area contributed by atoms with Crippen LogP contribution >= 0.6 is 0 Å². The molecule has 5 heteroatoms. The van der Waals surface area contributed by atoms with Crippen LogP contribution < -0.4 is 11.1 Å². The zero-order chi connectivity index (χ0) is 13.8. The fourth-order valence-corrected chi connectivity index (χ4v) is 1.54. The normalized spacial score (nSPS) is 11.3. The van der Waals surface area contributed by atoms with Gasteiger partial charge in [-0.25, -0.2) is 4.39 Å². The van der Waals surface area contributed by atoms with Crippen molar-refractivity contribution in [1.82, 2.24) is 5.32 Å². The molecule has 0 bridgehead atoms. The Morgan fingerprint density at radius 3 is 2.61 bits per heavy atom. The third kappa shape index (κ3) is 3.43. The molecule has 4 nitrogen and oxygen atoms in total. The average molecular weight is 254 g/mol. The summed E-state index contributed by atoms with van der Waals surface area (Å²) in [6.45, 7) is 4.17. The number of rotatable bonds is 5. The van der Waals surface area contributed by atoms with Crippen LogP contribution in [0.5, 0.6) is 5.75 Å². The van der Waals surface area contributed by atoms with Gasteiger partial charge in [0.15, 0.2) is 0 Å². The Labute approximate surface area is 106 Å². The lowest BCUT2D eigenvalue weighted by molar-refractivity contribution is 0.0939. The van der Waals surface area contributed by atoms with Crippen molar-refractivity contribution in [2.75, 3.05) is 6.54 Å². The summed E-state index contributed by atoms with van der Waals surface area (Å²) in [5.74, 6) is -1.34. The molecule has 0 saturated carbocycles. The van der Waals surface area contributed by atoms with E-state index in [4.69, 9.17) is 5.73 Å². The largest absolute Gasteiger partial charge is 0.507 e. The molecule has 0 unspecified atom stereocenters. The average Bonchev–Trinajstić information content (AvgIpc) is 2.38. The fraction of sp³-hybridized carbons (Fsp3) is 0.462. The van der Waals surface area contributed by atoms with E-state index >= 15 is 0 Å². The summed E-state index contributed by atoms with van der Waals surface area (Å²) in [6.07, 6.45) is 1.44. The van der Waals surface area contributed by atoms with Gasteiger partial charge in [0, 0.05) is 12.1 Å². The molecule has 4 N–H and O–H groups in total. The lowest BCUT2D eigenvalue weighted by Gasteiger charge is -2.26. The van der Waals surface area contributed by atoms with E-state index in [0.29, 0.717) is 0 Å². The van der Waals surface area contributed by atoms with Crippen LogP contribution in [0.25, 0.3) is 0 Å². The van der Waals surface area contributed by atoms with Gasteiger partial charge in [0.1, 0.15) is 11.6 Å². The van der Waals surface area contributed by atoms with Gasteiger partial charge in [0.25, 0.3) is 5.91 Å². The Balaban J connectivity index is 2.74. The number of carbonyl (C=O) groups excluding carboxylic acids is 1. The number of phenolic OH excluding ortho intramolecular Hbond substituents is 1. The molecule has 0 atom stereocenters. The van der Waals surface area contributed by atoms with Gasteiger partial charge in [0.2, 0.25) is 0 Å². The second-order valence-corrected chi connectivity index (χ2v) is 4.41. The molecular formula is C13H19FN2O2. The van der Waals surface area contributed by atoms with Gasteiger partial charge in [0.05, 0.1) is 5.56 Å². The SMILES string of the molecule is CCC(N)(CC)CNC(=O)c1cc(F)ccc1O. The Bertz CT molecular complexity index is 431. The number of nitrogens with two attached hydrogens (primary N) is 1. The topological polar surface area (TPSA) is 75.3 Å². The van der Waals surface area contributed by atoms with Crippen molar-refractivity contribution < 1.29 is 14.3 Å². The second-order valence-electron chi connectivity index (χ2n) is 4.41. The minimum atomic E-state index is -0.567. The van der Waals surface area contributed by atoms with E-state index in [2.05, 4.69) is 5.32 Å². The number of carbonyl (C=O) groups is 1. The standard InChI is InChI=1S/C13H19FN2O2/c1-3-13(15,4-2)8-16-12(18)10-7-9(14)5-6-11(10)17/h5-7,17H,3-4,8,15H2,1-2H3,(H,16,18). The number of benzene rings is 1. The molecule has 1 rings (SSSR count). The quantitative estimate of drug-likeness (QED) is 0.749. The second kappa shape index (κ2) is 5.82. The Kier molecular flexibility index (Phi) is 4.67. The number of aromatic hydroxyl groups is 1. The fourth-order valence-electron chi connectivity index (χ4n) is 1.54. The van der Waals surface area contributed by atoms with E-state index in [1.807, 2.05) is 13.8 Å². The summed E-state index contributed by atoms with van der Waals surface area (Å²) in [4.78, 5) is 11.8. The maximum absolute atomic E-state index is 13.0. The smallest absolute Gasteiger partial charge is 0.255 e. The molecular weight excluding hydrogens is 235 g/mol. The molecule has 0 spiro atoms. The van der Waals surface area contributed by atoms with Gasteiger partial charge in [-0.2, -0.15) is 0 Å². The maximum atomic E-state index is 13.0. The van der Waals surface area contributed by atoms with E-state index < -0.39 is 17.3 Å². The number of nitrogens with one attached hydrogen (secondary N) is 1. The molecule has 18 heavy (non-hydrogen) atoms. The number of halogens is 1. The van der Waals surface area contributed by atoms with Gasteiger partial charge >= 0.3 is 0 Å². The van der Waals surface area contributed by atoms with Crippen LogP contribution in [0, 0.1) is 5.82 Å². The molecule has 0 aliphatic carbocycles. The van der Waals surface area contributed by atoms with Crippen LogP contribution in [-0.2, 0) is 0 Å². The Morgan fingerprint density at radius 2 is 2.06 bits per heavy atom. The van der Waals surface area contributed by atoms with Crippen LogP contribution in [0.15, 0.2) is 18.2 Å². The summed E-state index contributed by atoms with van der Waals surface area (Å²) >= 11 is 0. The molecule has 1 amide bonds. The van der Waals surface area contributed by atoms with Crippen molar-refractivity contribution in [3.05, 3.63) is 29.6 Å². The Morgan fingerprint density at radius 1 is 1.44 bits per heavy atom. The van der Waals surface area contributed by atoms with Crippen molar-refractivity contribution in [1.29, 1.82) is 0 Å². The van der Waals surface area contributed by atoms with Crippen molar-refractivity contribution in [3.63, 3.8) is 0 Å². The van der Waals surface area contributed by atoms with Crippen molar-refractivity contribution in [2.24, 2.45) is 5.73 Å². The first-order valence-electron chi connectivity index (χ1n) is 5.97. The van der Waals surface area contributed by atoms with Gasteiger partial charge in [-0.15, -0.1) is 0 Å². The molecule has 0 aliphatic heterocycles. The number of hydrogen-bond acceptors (Lipinski definition) is 3. The zero-order valence-electron chi connectivity index (χ0n) is 10.7. The highest BCUT2D eigenvalue weighted by Crippen LogP contribution is 2.18. The molecule has 0 saturated heterocycles. The highest BCUT2D eigenvalue weighted by atomic mass is 19.1. The van der Waals surface area contributed by atoms with Gasteiger partial charge in [-0.3, -0.25) is 4.79 Å². The van der Waals surface area contributed by atoms with Crippen molar-refractivity contribution >= 4 is 5.91 Å². The summed E-state index contributed by atoms with van der Waals surface area (Å²) in [5.41, 5.74) is 5.49. The monoisotopic (exact) mass is 254 g/mol. The molecule has 1 aromatic rings. The molecule has 0 aromatic heterocycles. The predicted octanol–water partition coefficient (Wildman–Crippen LogP) is 1.78. The lowest BCUT2D eigenvalue weighted by Crippen LogP contribution is -2.49. The first-order chi connectivity index (χ1) is 8.41.